The van der Waals surface area contributed by atoms with E-state index in [4.69, 9.17) is 10.2 Å². The van der Waals surface area contributed by atoms with Gasteiger partial charge < -0.3 is 20.6 Å². The molecule has 1 heterocycles. The molecule has 1 saturated heterocycles. The SMILES string of the molecule is O=C(O)CN1CCNCCN(CC(=O)O)CCN(Cc2cc([N+](=O)[O-])ccc2O)CC1. The number of aliphatic carboxylic acids is 2. The van der Waals surface area contributed by atoms with Gasteiger partial charge in [0.1, 0.15) is 5.75 Å². The molecule has 2 rings (SSSR count). The summed E-state index contributed by atoms with van der Waals surface area (Å²) in [6.45, 7) is 3.97. The molecule has 0 atom stereocenters. The van der Waals surface area contributed by atoms with Gasteiger partial charge in [0.25, 0.3) is 5.69 Å². The highest BCUT2D eigenvalue weighted by molar-refractivity contribution is 5.69. The number of aromatic hydroxyl groups is 1. The smallest absolute Gasteiger partial charge is 0.317 e. The summed E-state index contributed by atoms with van der Waals surface area (Å²) in [5.74, 6) is -1.92. The van der Waals surface area contributed by atoms with Crippen LogP contribution in [0.5, 0.6) is 5.75 Å². The molecule has 172 valence electrons. The van der Waals surface area contributed by atoms with Crippen molar-refractivity contribution in [3.05, 3.63) is 33.9 Å². The zero-order valence-corrected chi connectivity index (χ0v) is 17.3. The van der Waals surface area contributed by atoms with Crippen LogP contribution in [0.15, 0.2) is 18.2 Å². The first-order chi connectivity index (χ1) is 14.7. The lowest BCUT2D eigenvalue weighted by molar-refractivity contribution is -0.385. The van der Waals surface area contributed by atoms with Gasteiger partial charge in [-0.2, -0.15) is 0 Å². The van der Waals surface area contributed by atoms with Gasteiger partial charge in [0, 0.05) is 76.6 Å². The average molecular weight is 439 g/mol. The summed E-state index contributed by atoms with van der Waals surface area (Å²) in [5.41, 5.74) is 0.255. The molecule has 12 heteroatoms. The number of phenols is 1. The van der Waals surface area contributed by atoms with Crippen molar-refractivity contribution in [1.29, 1.82) is 0 Å². The lowest BCUT2D eigenvalue weighted by Gasteiger charge is -2.30. The van der Waals surface area contributed by atoms with Crippen molar-refractivity contribution in [3.8, 4) is 5.75 Å². The highest BCUT2D eigenvalue weighted by atomic mass is 16.6. The number of nitrogens with one attached hydrogen (secondary N) is 1. The Kier molecular flexibility index (Phi) is 9.59. The summed E-state index contributed by atoms with van der Waals surface area (Å²) in [6.07, 6.45) is 0. The summed E-state index contributed by atoms with van der Waals surface area (Å²) in [4.78, 5) is 38.4. The number of nitrogens with zero attached hydrogens (tertiary/aromatic N) is 4. The van der Waals surface area contributed by atoms with Gasteiger partial charge in [-0.3, -0.25) is 34.4 Å². The molecule has 0 bridgehead atoms. The highest BCUT2D eigenvalue weighted by Gasteiger charge is 2.19. The van der Waals surface area contributed by atoms with Crippen molar-refractivity contribution < 1.29 is 29.8 Å². The second-order valence-corrected chi connectivity index (χ2v) is 7.44. The van der Waals surface area contributed by atoms with Crippen molar-refractivity contribution in [1.82, 2.24) is 20.0 Å². The van der Waals surface area contributed by atoms with E-state index in [1.165, 1.54) is 18.2 Å². The van der Waals surface area contributed by atoms with Crippen LogP contribution in [0, 0.1) is 10.1 Å². The quantitative estimate of drug-likeness (QED) is 0.320. The number of hydrogen-bond donors (Lipinski definition) is 4. The molecule has 12 nitrogen and oxygen atoms in total. The van der Waals surface area contributed by atoms with Gasteiger partial charge in [0.2, 0.25) is 0 Å². The largest absolute Gasteiger partial charge is 0.508 e. The number of nitro benzene ring substituents is 1. The number of carbonyl (C=O) groups is 2. The number of rotatable bonds is 7. The van der Waals surface area contributed by atoms with Crippen LogP contribution in [0.3, 0.4) is 0 Å². The van der Waals surface area contributed by atoms with Crippen LogP contribution in [-0.2, 0) is 16.1 Å². The Morgan fingerprint density at radius 3 is 1.94 bits per heavy atom. The average Bonchev–Trinajstić information content (AvgIpc) is 2.68. The van der Waals surface area contributed by atoms with Gasteiger partial charge in [-0.15, -0.1) is 0 Å². The monoisotopic (exact) mass is 439 g/mol. The number of carboxylic acids is 2. The van der Waals surface area contributed by atoms with Gasteiger partial charge in [-0.1, -0.05) is 0 Å². The predicted octanol–water partition coefficient (Wildman–Crippen LogP) is -0.521. The van der Waals surface area contributed by atoms with Gasteiger partial charge in [0.15, 0.2) is 0 Å². The van der Waals surface area contributed by atoms with E-state index in [1.807, 2.05) is 4.90 Å². The third kappa shape index (κ3) is 8.84. The van der Waals surface area contributed by atoms with Crippen molar-refractivity contribution in [2.45, 2.75) is 6.54 Å². The van der Waals surface area contributed by atoms with E-state index in [-0.39, 0.29) is 31.1 Å². The van der Waals surface area contributed by atoms with Crippen molar-refractivity contribution in [3.63, 3.8) is 0 Å². The minimum absolute atomic E-state index is 0.0642. The molecule has 0 aliphatic carbocycles. The Labute approximate surface area is 179 Å². The maximum atomic E-state index is 11.2. The molecule has 1 aromatic rings. The van der Waals surface area contributed by atoms with Gasteiger partial charge in [0.05, 0.1) is 18.0 Å². The number of phenolic OH excluding ortho intramolecular Hbond substituents is 1. The number of non-ortho nitro benzene ring substituents is 1. The molecule has 0 spiro atoms. The van der Waals surface area contributed by atoms with Gasteiger partial charge in [-0.05, 0) is 6.07 Å². The lowest BCUT2D eigenvalue weighted by Crippen LogP contribution is -2.46. The van der Waals surface area contributed by atoms with Crippen LogP contribution >= 0.6 is 0 Å². The highest BCUT2D eigenvalue weighted by Crippen LogP contribution is 2.24. The Hall–Kier alpha value is -2.80. The Morgan fingerprint density at radius 1 is 0.935 bits per heavy atom. The topological polar surface area (TPSA) is 160 Å². The van der Waals surface area contributed by atoms with Crippen LogP contribution in [0.4, 0.5) is 5.69 Å². The van der Waals surface area contributed by atoms with Crippen LogP contribution in [0.1, 0.15) is 5.56 Å². The fraction of sp³-hybridized carbons (Fsp3) is 0.579. The number of nitro groups is 1. The molecule has 1 aliphatic rings. The number of carboxylic acid groups (broad SMARTS) is 2. The standard InChI is InChI=1S/C19H29N5O7/c25-17-2-1-16(24(30)31)11-15(17)12-23-9-7-21(13-18(26)27)5-3-20-4-6-22(8-10-23)14-19(28)29/h1-2,11,20,25H,3-10,12-14H2,(H,26,27)(H,28,29). The molecule has 0 radical (unpaired) electrons. The molecular weight excluding hydrogens is 410 g/mol. The first kappa shape index (κ1) is 24.5. The minimum atomic E-state index is -0.928. The Balaban J connectivity index is 2.17. The molecule has 1 aromatic carbocycles. The molecule has 0 aromatic heterocycles. The van der Waals surface area contributed by atoms with E-state index < -0.39 is 16.9 Å². The second kappa shape index (κ2) is 12.2. The van der Waals surface area contributed by atoms with Gasteiger partial charge >= 0.3 is 11.9 Å². The van der Waals surface area contributed by atoms with Crippen LogP contribution < -0.4 is 5.32 Å². The first-order valence-corrected chi connectivity index (χ1v) is 10.0. The van der Waals surface area contributed by atoms with E-state index in [0.717, 1.165) is 0 Å². The number of hydrogen-bond acceptors (Lipinski definition) is 9. The maximum absolute atomic E-state index is 11.2. The molecule has 4 N–H and O–H groups in total. The fourth-order valence-electron chi connectivity index (χ4n) is 3.41. The molecule has 0 saturated carbocycles. The van der Waals surface area contributed by atoms with Crippen molar-refractivity contribution in [2.75, 3.05) is 65.4 Å². The zero-order chi connectivity index (χ0) is 22.8. The normalized spacial score (nSPS) is 18.1. The Morgan fingerprint density at radius 2 is 1.45 bits per heavy atom. The summed E-state index contributed by atoms with van der Waals surface area (Å²) in [6, 6.07) is 3.83. The summed E-state index contributed by atoms with van der Waals surface area (Å²) in [7, 11) is 0. The maximum Gasteiger partial charge on any atom is 0.317 e. The van der Waals surface area contributed by atoms with Crippen LogP contribution in [-0.4, -0.2) is 112 Å². The summed E-state index contributed by atoms with van der Waals surface area (Å²) >= 11 is 0. The minimum Gasteiger partial charge on any atom is -0.508 e. The molecule has 0 unspecified atom stereocenters. The molecule has 31 heavy (non-hydrogen) atoms. The van der Waals surface area contributed by atoms with E-state index >= 15 is 0 Å². The van der Waals surface area contributed by atoms with Crippen LogP contribution in [0.25, 0.3) is 0 Å². The summed E-state index contributed by atoms with van der Waals surface area (Å²) < 4.78 is 0. The van der Waals surface area contributed by atoms with E-state index in [1.54, 1.807) is 9.80 Å². The zero-order valence-electron chi connectivity index (χ0n) is 17.3. The lowest BCUT2D eigenvalue weighted by atomic mass is 10.1. The third-order valence-corrected chi connectivity index (χ3v) is 5.06. The van der Waals surface area contributed by atoms with Crippen LogP contribution in [0.2, 0.25) is 0 Å². The van der Waals surface area contributed by atoms with E-state index in [9.17, 15) is 24.8 Å². The molecule has 1 fully saturated rings. The van der Waals surface area contributed by atoms with E-state index in [0.29, 0.717) is 57.9 Å². The third-order valence-electron chi connectivity index (χ3n) is 5.06. The van der Waals surface area contributed by atoms with Gasteiger partial charge in [-0.25, -0.2) is 0 Å². The first-order valence-electron chi connectivity index (χ1n) is 10.0. The molecule has 0 amide bonds. The molecule has 1 aliphatic heterocycles. The summed E-state index contributed by atoms with van der Waals surface area (Å²) in [5, 5.41) is 42.8. The predicted molar refractivity (Wildman–Crippen MR) is 111 cm³/mol. The van der Waals surface area contributed by atoms with Crippen molar-refractivity contribution >= 4 is 17.6 Å². The fourth-order valence-corrected chi connectivity index (χ4v) is 3.41. The van der Waals surface area contributed by atoms with E-state index in [2.05, 4.69) is 5.32 Å². The van der Waals surface area contributed by atoms with Crippen molar-refractivity contribution in [2.24, 2.45) is 0 Å². The molecular formula is C19H29N5O7. The second-order valence-electron chi connectivity index (χ2n) is 7.44. The Bertz CT molecular complexity index is 746. The number of benzene rings is 1.